The van der Waals surface area contributed by atoms with Crippen molar-refractivity contribution in [2.45, 2.75) is 0 Å². The molecule has 0 atom stereocenters. The molecule has 0 bridgehead atoms. The van der Waals surface area contributed by atoms with E-state index in [1.54, 1.807) is 0 Å². The average molecular weight is 355 g/mol. The van der Waals surface area contributed by atoms with Crippen molar-refractivity contribution in [1.82, 2.24) is 4.98 Å². The SMILES string of the molecule is C[n+]1ccccc1-c1cccc(-c2ccc(-c3ccccn3)c[n+]2C)[n+]1C. The van der Waals surface area contributed by atoms with E-state index in [9.17, 15) is 0 Å². The number of nitrogens with zero attached hydrogens (tertiary/aromatic N) is 4. The highest BCUT2D eigenvalue weighted by Gasteiger charge is 2.26. The fourth-order valence-electron chi connectivity index (χ4n) is 3.45. The highest BCUT2D eigenvalue weighted by Crippen LogP contribution is 2.19. The number of hydrogen-bond acceptors (Lipinski definition) is 1. The first kappa shape index (κ1) is 17.0. The molecule has 0 aliphatic carbocycles. The molecule has 4 heteroatoms. The smallest absolute Gasteiger partial charge is 0.256 e. The second-order valence-electron chi connectivity index (χ2n) is 6.68. The van der Waals surface area contributed by atoms with Crippen LogP contribution in [0.1, 0.15) is 0 Å². The molecule has 0 fully saturated rings. The summed E-state index contributed by atoms with van der Waals surface area (Å²) in [5.41, 5.74) is 6.74. The van der Waals surface area contributed by atoms with Crippen LogP contribution in [-0.2, 0) is 21.1 Å². The quantitative estimate of drug-likeness (QED) is 0.519. The fraction of sp³-hybridized carbons (Fsp3) is 0.130. The highest BCUT2D eigenvalue weighted by molar-refractivity contribution is 5.59. The summed E-state index contributed by atoms with van der Waals surface area (Å²) in [6.45, 7) is 0. The minimum absolute atomic E-state index is 0.981. The van der Waals surface area contributed by atoms with E-state index in [4.69, 9.17) is 0 Å². The Kier molecular flexibility index (Phi) is 4.47. The summed E-state index contributed by atoms with van der Waals surface area (Å²) in [5, 5.41) is 0. The van der Waals surface area contributed by atoms with Gasteiger partial charge in [0.05, 0.1) is 11.3 Å². The predicted octanol–water partition coefficient (Wildman–Crippen LogP) is 2.56. The Hall–Kier alpha value is -3.40. The number of aryl methyl sites for hydroxylation is 2. The molecular formula is C23H23N4+3. The minimum Gasteiger partial charge on any atom is -0.256 e. The zero-order chi connectivity index (χ0) is 18.8. The summed E-state index contributed by atoms with van der Waals surface area (Å²) in [5.74, 6) is 0. The van der Waals surface area contributed by atoms with Crippen LogP contribution < -0.4 is 13.7 Å². The summed E-state index contributed by atoms with van der Waals surface area (Å²) >= 11 is 0. The van der Waals surface area contributed by atoms with Crippen LogP contribution in [0.2, 0.25) is 0 Å². The monoisotopic (exact) mass is 355 g/mol. The first-order chi connectivity index (χ1) is 13.1. The topological polar surface area (TPSA) is 24.5 Å². The molecule has 0 N–H and O–H groups in total. The Morgan fingerprint density at radius 2 is 1.33 bits per heavy atom. The molecule has 4 nitrogen and oxygen atoms in total. The third-order valence-electron chi connectivity index (χ3n) is 4.90. The first-order valence-corrected chi connectivity index (χ1v) is 9.00. The lowest BCUT2D eigenvalue weighted by Crippen LogP contribution is -2.42. The van der Waals surface area contributed by atoms with E-state index >= 15 is 0 Å². The Balaban J connectivity index is 1.81. The highest BCUT2D eigenvalue weighted by atomic mass is 15.0. The van der Waals surface area contributed by atoms with Crippen molar-refractivity contribution in [2.75, 3.05) is 0 Å². The van der Waals surface area contributed by atoms with Crippen LogP contribution in [0.15, 0.2) is 85.3 Å². The number of aromatic nitrogens is 4. The van der Waals surface area contributed by atoms with Gasteiger partial charge in [0.1, 0.15) is 21.1 Å². The van der Waals surface area contributed by atoms with Gasteiger partial charge in [-0.05, 0) is 30.3 Å². The van der Waals surface area contributed by atoms with Gasteiger partial charge < -0.3 is 0 Å². The van der Waals surface area contributed by atoms with Crippen molar-refractivity contribution in [3.05, 3.63) is 85.3 Å². The van der Waals surface area contributed by atoms with E-state index in [1.165, 1.54) is 11.4 Å². The van der Waals surface area contributed by atoms with Gasteiger partial charge >= 0.3 is 0 Å². The second-order valence-corrected chi connectivity index (χ2v) is 6.68. The fourth-order valence-corrected chi connectivity index (χ4v) is 3.45. The number of hydrogen-bond donors (Lipinski definition) is 0. The third-order valence-corrected chi connectivity index (χ3v) is 4.90. The van der Waals surface area contributed by atoms with E-state index in [1.807, 2.05) is 30.5 Å². The van der Waals surface area contributed by atoms with Crippen LogP contribution in [0.25, 0.3) is 34.0 Å². The zero-order valence-corrected chi connectivity index (χ0v) is 15.9. The number of rotatable bonds is 3. The molecule has 0 saturated heterocycles. The van der Waals surface area contributed by atoms with Crippen LogP contribution in [0.4, 0.5) is 0 Å². The van der Waals surface area contributed by atoms with Gasteiger partial charge in [0, 0.05) is 36.5 Å². The molecular weight excluding hydrogens is 332 g/mol. The molecule has 0 aliphatic rings. The van der Waals surface area contributed by atoms with Gasteiger partial charge in [-0.15, -0.1) is 0 Å². The maximum atomic E-state index is 4.45. The lowest BCUT2D eigenvalue weighted by molar-refractivity contribution is -0.697. The Morgan fingerprint density at radius 3 is 2.00 bits per heavy atom. The summed E-state index contributed by atoms with van der Waals surface area (Å²) in [6, 6.07) is 23.0. The molecule has 132 valence electrons. The average Bonchev–Trinajstić information content (AvgIpc) is 2.70. The van der Waals surface area contributed by atoms with E-state index in [-0.39, 0.29) is 0 Å². The standard InChI is InChI=1S/C23H23N4/c1-25-16-7-5-10-20(25)22-11-8-12-23(27(22)3)21-14-13-18(17-26(21)2)19-9-4-6-15-24-19/h4-17H,1-3H3/q+3. The molecule has 0 saturated carbocycles. The molecule has 0 unspecified atom stereocenters. The third kappa shape index (κ3) is 3.22. The molecule has 0 aromatic carbocycles. The summed E-state index contributed by atoms with van der Waals surface area (Å²) in [7, 11) is 6.27. The lowest BCUT2D eigenvalue weighted by atomic mass is 10.1. The van der Waals surface area contributed by atoms with Crippen molar-refractivity contribution in [3.8, 4) is 34.0 Å². The van der Waals surface area contributed by atoms with Gasteiger partial charge in [0.15, 0.2) is 12.4 Å². The molecule has 0 spiro atoms. The van der Waals surface area contributed by atoms with Crippen LogP contribution in [0.3, 0.4) is 0 Å². The first-order valence-electron chi connectivity index (χ1n) is 9.00. The van der Waals surface area contributed by atoms with Gasteiger partial charge in [-0.1, -0.05) is 6.07 Å². The summed E-state index contributed by atoms with van der Waals surface area (Å²) in [4.78, 5) is 4.45. The second kappa shape index (κ2) is 7.08. The van der Waals surface area contributed by atoms with Crippen molar-refractivity contribution >= 4 is 0 Å². The molecule has 0 amide bonds. The van der Waals surface area contributed by atoms with Crippen LogP contribution in [0, 0.1) is 0 Å². The molecule has 4 rings (SSSR count). The van der Waals surface area contributed by atoms with E-state index in [0.29, 0.717) is 0 Å². The van der Waals surface area contributed by atoms with Crippen LogP contribution in [-0.4, -0.2) is 4.98 Å². The normalized spacial score (nSPS) is 10.8. The van der Waals surface area contributed by atoms with Crippen molar-refractivity contribution in [3.63, 3.8) is 0 Å². The van der Waals surface area contributed by atoms with Gasteiger partial charge in [-0.25, -0.2) is 0 Å². The number of pyridine rings is 4. The van der Waals surface area contributed by atoms with Crippen molar-refractivity contribution < 1.29 is 13.7 Å². The maximum Gasteiger partial charge on any atom is 0.277 e. The maximum absolute atomic E-state index is 4.45. The van der Waals surface area contributed by atoms with Crippen molar-refractivity contribution in [2.24, 2.45) is 21.1 Å². The molecule has 0 aliphatic heterocycles. The Morgan fingerprint density at radius 1 is 0.630 bits per heavy atom. The molecule has 4 aromatic rings. The van der Waals surface area contributed by atoms with Gasteiger partial charge in [0.2, 0.25) is 0 Å². The molecule has 0 radical (unpaired) electrons. The molecule has 4 heterocycles. The van der Waals surface area contributed by atoms with Crippen LogP contribution >= 0.6 is 0 Å². The summed E-state index contributed by atoms with van der Waals surface area (Å²) in [6.07, 6.45) is 6.03. The zero-order valence-electron chi connectivity index (χ0n) is 15.9. The summed E-state index contributed by atoms with van der Waals surface area (Å²) < 4.78 is 6.54. The predicted molar refractivity (Wildman–Crippen MR) is 104 cm³/mol. The minimum atomic E-state index is 0.981. The van der Waals surface area contributed by atoms with Gasteiger partial charge in [-0.3, -0.25) is 4.98 Å². The van der Waals surface area contributed by atoms with Crippen LogP contribution in [0.5, 0.6) is 0 Å². The van der Waals surface area contributed by atoms with E-state index in [0.717, 1.165) is 22.6 Å². The van der Waals surface area contributed by atoms with Crippen molar-refractivity contribution in [1.29, 1.82) is 0 Å². The largest absolute Gasteiger partial charge is 0.277 e. The lowest BCUT2D eigenvalue weighted by Gasteiger charge is -2.05. The van der Waals surface area contributed by atoms with Gasteiger partial charge in [0.25, 0.3) is 22.8 Å². The molecule has 27 heavy (non-hydrogen) atoms. The Bertz CT molecular complexity index is 1100. The molecule has 4 aromatic heterocycles. The van der Waals surface area contributed by atoms with Gasteiger partial charge in [-0.2, -0.15) is 13.7 Å². The van der Waals surface area contributed by atoms with E-state index < -0.39 is 0 Å². The Labute approximate surface area is 159 Å². The van der Waals surface area contributed by atoms with E-state index in [2.05, 4.69) is 94.7 Å².